The summed E-state index contributed by atoms with van der Waals surface area (Å²) in [4.78, 5) is 17.8. The van der Waals surface area contributed by atoms with E-state index in [1.807, 2.05) is 12.1 Å². The molecule has 37 heavy (non-hydrogen) atoms. The molecule has 0 amide bonds. The molecule has 0 radical (unpaired) electrons. The number of aromatic nitrogens is 3. The van der Waals surface area contributed by atoms with Crippen LogP contribution in [0.2, 0.25) is 0 Å². The zero-order valence-electron chi connectivity index (χ0n) is 20.1. The number of allylic oxidation sites excluding steroid dienone is 2. The first-order valence-corrected chi connectivity index (χ1v) is 11.3. The van der Waals surface area contributed by atoms with Crippen LogP contribution in [0.3, 0.4) is 0 Å². The molecule has 1 aromatic heterocycles. The second-order valence-electron chi connectivity index (χ2n) is 8.55. The Labute approximate surface area is 209 Å². The summed E-state index contributed by atoms with van der Waals surface area (Å²) in [5, 5.41) is 7.48. The standard InChI is InChI=1S/C25H23F3N4O5/c1-34-19-10-15(11-20(35-2)23(19)36-3)14-8-17-21(18(33)9-14)22(32-24(31-17)29-12-30-32)13-4-6-16(7-5-13)37-25(26,27)28/h4-7,10-12,14,22H,8-9H2,1-3H3,(H,29,30,31)/t14-,22+/m0/s1. The fourth-order valence-electron chi connectivity index (χ4n) is 4.88. The Balaban J connectivity index is 1.52. The number of carbonyl (C=O) groups is 1. The first-order valence-electron chi connectivity index (χ1n) is 11.3. The molecule has 2 aromatic carbocycles. The summed E-state index contributed by atoms with van der Waals surface area (Å²) in [6.45, 7) is 0. The van der Waals surface area contributed by atoms with E-state index in [9.17, 15) is 18.0 Å². The predicted octanol–water partition coefficient (Wildman–Crippen LogP) is 4.62. The molecule has 2 aliphatic rings. The second kappa shape index (κ2) is 9.34. The van der Waals surface area contributed by atoms with E-state index in [4.69, 9.17) is 14.2 Å². The summed E-state index contributed by atoms with van der Waals surface area (Å²) in [5.74, 6) is 1.20. The van der Waals surface area contributed by atoms with Crippen LogP contribution >= 0.6 is 0 Å². The van der Waals surface area contributed by atoms with Gasteiger partial charge in [0.15, 0.2) is 17.3 Å². The number of methoxy groups -OCH3 is 3. The van der Waals surface area contributed by atoms with Crippen LogP contribution < -0.4 is 24.3 Å². The van der Waals surface area contributed by atoms with Gasteiger partial charge in [0, 0.05) is 17.7 Å². The number of halogens is 3. The van der Waals surface area contributed by atoms with Crippen LogP contribution in [0.25, 0.3) is 0 Å². The summed E-state index contributed by atoms with van der Waals surface area (Å²) in [6, 6.07) is 8.42. The molecule has 0 spiro atoms. The fraction of sp³-hybridized carbons (Fsp3) is 0.320. The van der Waals surface area contributed by atoms with Crippen molar-refractivity contribution < 1.29 is 36.9 Å². The van der Waals surface area contributed by atoms with Gasteiger partial charge in [0.25, 0.3) is 0 Å². The molecule has 9 nitrogen and oxygen atoms in total. The van der Waals surface area contributed by atoms with E-state index in [0.29, 0.717) is 46.5 Å². The highest BCUT2D eigenvalue weighted by atomic mass is 19.4. The van der Waals surface area contributed by atoms with E-state index in [-0.39, 0.29) is 23.9 Å². The summed E-state index contributed by atoms with van der Waals surface area (Å²) in [6.07, 6.45) is -2.75. The number of ether oxygens (including phenoxy) is 4. The smallest absolute Gasteiger partial charge is 0.493 e. The van der Waals surface area contributed by atoms with Crippen molar-refractivity contribution in [3.8, 4) is 23.0 Å². The van der Waals surface area contributed by atoms with Crippen molar-refractivity contribution in [3.05, 3.63) is 65.1 Å². The number of hydrogen-bond acceptors (Lipinski definition) is 8. The normalized spacial score (nSPS) is 19.0. The third-order valence-corrected chi connectivity index (χ3v) is 6.45. The first kappa shape index (κ1) is 24.5. The summed E-state index contributed by atoms with van der Waals surface area (Å²) < 4.78 is 59.7. The number of benzene rings is 2. The molecule has 2 atom stereocenters. The van der Waals surface area contributed by atoms with E-state index < -0.39 is 12.4 Å². The number of carbonyl (C=O) groups excluding carboxylic acids is 1. The third-order valence-electron chi connectivity index (χ3n) is 6.45. The van der Waals surface area contributed by atoms with Gasteiger partial charge in [-0.2, -0.15) is 10.1 Å². The lowest BCUT2D eigenvalue weighted by Gasteiger charge is -2.35. The second-order valence-corrected chi connectivity index (χ2v) is 8.55. The van der Waals surface area contributed by atoms with Crippen LogP contribution in [0.5, 0.6) is 23.0 Å². The quantitative estimate of drug-likeness (QED) is 0.507. The molecular weight excluding hydrogens is 493 g/mol. The minimum Gasteiger partial charge on any atom is -0.493 e. The molecule has 12 heteroatoms. The van der Waals surface area contributed by atoms with E-state index in [1.54, 1.807) is 4.68 Å². The van der Waals surface area contributed by atoms with Gasteiger partial charge in [-0.15, -0.1) is 13.2 Å². The predicted molar refractivity (Wildman–Crippen MR) is 125 cm³/mol. The maximum Gasteiger partial charge on any atom is 0.573 e. The summed E-state index contributed by atoms with van der Waals surface area (Å²) >= 11 is 0. The minimum atomic E-state index is -4.80. The number of alkyl halides is 3. The highest BCUT2D eigenvalue weighted by molar-refractivity contribution is 6.00. The SMILES string of the molecule is COc1cc([C@@H]2CC(=O)C3=C(C2)Nc2ncnn2[C@@H]3c2ccc(OC(F)(F)F)cc2)cc(OC)c1OC. The minimum absolute atomic E-state index is 0.116. The molecular formula is C25H23F3N4O5. The first-order chi connectivity index (χ1) is 17.7. The molecule has 1 N–H and O–H groups in total. The zero-order chi connectivity index (χ0) is 26.3. The van der Waals surface area contributed by atoms with Crippen molar-refractivity contribution in [1.82, 2.24) is 14.8 Å². The molecule has 0 unspecified atom stereocenters. The maximum atomic E-state index is 13.6. The van der Waals surface area contributed by atoms with Gasteiger partial charge in [0.1, 0.15) is 18.1 Å². The Morgan fingerprint density at radius 2 is 1.65 bits per heavy atom. The molecule has 5 rings (SSSR count). The van der Waals surface area contributed by atoms with Crippen LogP contribution in [0.1, 0.15) is 35.9 Å². The average molecular weight is 516 g/mol. The van der Waals surface area contributed by atoms with E-state index in [1.165, 1.54) is 51.9 Å². The van der Waals surface area contributed by atoms with E-state index in [2.05, 4.69) is 20.1 Å². The Morgan fingerprint density at radius 3 is 2.24 bits per heavy atom. The summed E-state index contributed by atoms with van der Waals surface area (Å²) in [7, 11) is 4.57. The lowest BCUT2D eigenvalue weighted by atomic mass is 9.77. The number of anilines is 1. The van der Waals surface area contributed by atoms with Crippen LogP contribution in [-0.2, 0) is 4.79 Å². The number of hydrogen-bond donors (Lipinski definition) is 1. The van der Waals surface area contributed by atoms with Crippen molar-refractivity contribution in [1.29, 1.82) is 0 Å². The van der Waals surface area contributed by atoms with Gasteiger partial charge >= 0.3 is 6.36 Å². The van der Waals surface area contributed by atoms with Gasteiger partial charge in [-0.25, -0.2) is 4.68 Å². The van der Waals surface area contributed by atoms with Gasteiger partial charge in [-0.05, 0) is 47.7 Å². The number of nitrogens with zero attached hydrogens (tertiary/aromatic N) is 3. The zero-order valence-corrected chi connectivity index (χ0v) is 20.1. The molecule has 1 aliphatic carbocycles. The van der Waals surface area contributed by atoms with Crippen molar-refractivity contribution in [2.75, 3.05) is 26.6 Å². The monoisotopic (exact) mass is 516 g/mol. The number of rotatable bonds is 6. The number of fused-ring (bicyclic) bond motifs is 1. The van der Waals surface area contributed by atoms with Crippen LogP contribution in [0, 0.1) is 0 Å². The number of nitrogens with one attached hydrogen (secondary N) is 1. The topological polar surface area (TPSA) is 96.7 Å². The molecule has 0 saturated heterocycles. The molecule has 194 valence electrons. The van der Waals surface area contributed by atoms with Crippen molar-refractivity contribution in [3.63, 3.8) is 0 Å². The largest absolute Gasteiger partial charge is 0.573 e. The molecule has 2 heterocycles. The number of ketones is 1. The van der Waals surface area contributed by atoms with Gasteiger partial charge in [-0.3, -0.25) is 4.79 Å². The highest BCUT2D eigenvalue weighted by Gasteiger charge is 2.40. The van der Waals surface area contributed by atoms with Gasteiger partial charge < -0.3 is 24.3 Å². The molecule has 1 aliphatic heterocycles. The lowest BCUT2D eigenvalue weighted by molar-refractivity contribution is -0.274. The Kier molecular flexibility index (Phi) is 6.18. The van der Waals surface area contributed by atoms with Gasteiger partial charge in [-0.1, -0.05) is 12.1 Å². The van der Waals surface area contributed by atoms with Crippen molar-refractivity contribution in [2.45, 2.75) is 31.2 Å². The maximum absolute atomic E-state index is 13.6. The Morgan fingerprint density at radius 1 is 0.973 bits per heavy atom. The molecule has 0 fully saturated rings. The van der Waals surface area contributed by atoms with Gasteiger partial charge in [0.05, 0.1) is 21.3 Å². The van der Waals surface area contributed by atoms with E-state index in [0.717, 1.165) is 5.56 Å². The van der Waals surface area contributed by atoms with Crippen molar-refractivity contribution >= 4 is 11.7 Å². The molecule has 0 saturated carbocycles. The van der Waals surface area contributed by atoms with E-state index >= 15 is 0 Å². The fourth-order valence-corrected chi connectivity index (χ4v) is 4.88. The third kappa shape index (κ3) is 4.54. The number of Topliss-reactive ketones (excluding diaryl/α,β-unsaturated/α-hetero) is 1. The summed E-state index contributed by atoms with van der Waals surface area (Å²) in [5.41, 5.74) is 2.59. The average Bonchev–Trinajstić information content (AvgIpc) is 3.34. The van der Waals surface area contributed by atoms with Crippen LogP contribution in [0.4, 0.5) is 19.1 Å². The van der Waals surface area contributed by atoms with Crippen LogP contribution in [0.15, 0.2) is 54.0 Å². The van der Waals surface area contributed by atoms with Crippen molar-refractivity contribution in [2.24, 2.45) is 0 Å². The Bertz CT molecular complexity index is 1340. The highest BCUT2D eigenvalue weighted by Crippen LogP contribution is 2.47. The van der Waals surface area contributed by atoms with Crippen LogP contribution in [-0.4, -0.2) is 48.2 Å². The Hall–Kier alpha value is -4.22. The lowest BCUT2D eigenvalue weighted by Crippen LogP contribution is -2.33. The molecule has 0 bridgehead atoms. The molecule has 3 aromatic rings. The van der Waals surface area contributed by atoms with Gasteiger partial charge in [0.2, 0.25) is 11.7 Å².